The van der Waals surface area contributed by atoms with Crippen LogP contribution >= 0.6 is 15.9 Å². The molecule has 4 heteroatoms. The highest BCUT2D eigenvalue weighted by atomic mass is 79.9. The molecule has 1 aromatic rings. The zero-order valence-corrected chi connectivity index (χ0v) is 12.4. The highest BCUT2D eigenvalue weighted by Gasteiger charge is 2.08. The first-order valence-electron chi connectivity index (χ1n) is 6.16. The van der Waals surface area contributed by atoms with Crippen LogP contribution in [0.25, 0.3) is 0 Å². The molecule has 0 saturated carbocycles. The minimum absolute atomic E-state index is 0.218. The molecule has 1 unspecified atom stereocenters. The first-order valence-corrected chi connectivity index (χ1v) is 6.95. The molecule has 0 amide bonds. The topological polar surface area (TPSA) is 34.4 Å². The SMILES string of the molecule is CC(C)CCOCCNC(C)c1ccc(Br)o1. The van der Waals surface area contributed by atoms with E-state index in [2.05, 4.69) is 42.0 Å². The van der Waals surface area contributed by atoms with Crippen molar-refractivity contribution in [3.05, 3.63) is 22.6 Å². The fourth-order valence-corrected chi connectivity index (χ4v) is 1.75. The molecule has 0 spiro atoms. The summed E-state index contributed by atoms with van der Waals surface area (Å²) in [5.74, 6) is 1.65. The number of nitrogens with one attached hydrogen (secondary N) is 1. The molecule has 1 heterocycles. The average molecular weight is 304 g/mol. The predicted octanol–water partition coefficient (Wildman–Crippen LogP) is 3.76. The summed E-state index contributed by atoms with van der Waals surface area (Å²) in [6.07, 6.45) is 1.13. The first kappa shape index (κ1) is 14.7. The molecule has 98 valence electrons. The van der Waals surface area contributed by atoms with Crippen LogP contribution in [0, 0.1) is 5.92 Å². The Kier molecular flexibility index (Phi) is 6.85. The molecule has 3 nitrogen and oxygen atoms in total. The molecule has 17 heavy (non-hydrogen) atoms. The summed E-state index contributed by atoms with van der Waals surface area (Å²) in [4.78, 5) is 0. The molecule has 0 saturated heterocycles. The fraction of sp³-hybridized carbons (Fsp3) is 0.692. The Morgan fingerprint density at radius 3 is 2.65 bits per heavy atom. The molecule has 0 radical (unpaired) electrons. The smallest absolute Gasteiger partial charge is 0.169 e. The average Bonchev–Trinajstić information content (AvgIpc) is 2.69. The van der Waals surface area contributed by atoms with Crippen LogP contribution in [0.5, 0.6) is 0 Å². The summed E-state index contributed by atoms with van der Waals surface area (Å²) < 4.78 is 11.8. The van der Waals surface area contributed by atoms with Gasteiger partial charge in [-0.05, 0) is 47.3 Å². The second kappa shape index (κ2) is 7.90. The van der Waals surface area contributed by atoms with Crippen molar-refractivity contribution in [2.45, 2.75) is 33.2 Å². The van der Waals surface area contributed by atoms with Crippen LogP contribution in [-0.2, 0) is 4.74 Å². The molecule has 0 aliphatic carbocycles. The molecule has 0 aliphatic heterocycles. The fourth-order valence-electron chi connectivity index (χ4n) is 1.43. The molecular formula is C13H22BrNO2. The zero-order valence-electron chi connectivity index (χ0n) is 10.8. The van der Waals surface area contributed by atoms with E-state index in [4.69, 9.17) is 9.15 Å². The van der Waals surface area contributed by atoms with Crippen molar-refractivity contribution in [2.24, 2.45) is 5.92 Å². The highest BCUT2D eigenvalue weighted by Crippen LogP contribution is 2.19. The van der Waals surface area contributed by atoms with Gasteiger partial charge in [-0.25, -0.2) is 0 Å². The van der Waals surface area contributed by atoms with Crippen molar-refractivity contribution in [3.8, 4) is 0 Å². The van der Waals surface area contributed by atoms with Gasteiger partial charge in [0, 0.05) is 13.2 Å². The number of hydrogen-bond acceptors (Lipinski definition) is 3. The van der Waals surface area contributed by atoms with Gasteiger partial charge < -0.3 is 14.5 Å². The van der Waals surface area contributed by atoms with Crippen molar-refractivity contribution in [1.29, 1.82) is 0 Å². The number of hydrogen-bond donors (Lipinski definition) is 1. The minimum atomic E-state index is 0.218. The molecule has 0 aliphatic rings. The standard InChI is InChI=1S/C13H22BrNO2/c1-10(2)6-8-16-9-7-15-11(3)12-4-5-13(14)17-12/h4-5,10-11,15H,6-9H2,1-3H3. The Balaban J connectivity index is 2.06. The van der Waals surface area contributed by atoms with E-state index in [1.54, 1.807) is 0 Å². The zero-order chi connectivity index (χ0) is 12.7. The molecular weight excluding hydrogens is 282 g/mol. The van der Waals surface area contributed by atoms with Crippen LogP contribution in [0.1, 0.15) is 39.0 Å². The molecule has 0 fully saturated rings. The Bertz CT molecular complexity index is 312. The summed E-state index contributed by atoms with van der Waals surface area (Å²) in [5, 5.41) is 3.36. The van der Waals surface area contributed by atoms with Crippen molar-refractivity contribution < 1.29 is 9.15 Å². The van der Waals surface area contributed by atoms with E-state index >= 15 is 0 Å². The third kappa shape index (κ3) is 6.24. The highest BCUT2D eigenvalue weighted by molar-refractivity contribution is 9.10. The molecule has 1 rings (SSSR count). The van der Waals surface area contributed by atoms with Crippen LogP contribution < -0.4 is 5.32 Å². The number of furan rings is 1. The Morgan fingerprint density at radius 2 is 2.06 bits per heavy atom. The molecule has 0 bridgehead atoms. The van der Waals surface area contributed by atoms with Gasteiger partial charge in [-0.3, -0.25) is 0 Å². The van der Waals surface area contributed by atoms with E-state index in [-0.39, 0.29) is 6.04 Å². The summed E-state index contributed by atoms with van der Waals surface area (Å²) in [6, 6.07) is 4.10. The summed E-state index contributed by atoms with van der Waals surface area (Å²) in [6.45, 7) is 8.94. The summed E-state index contributed by atoms with van der Waals surface area (Å²) >= 11 is 3.30. The first-order chi connectivity index (χ1) is 8.09. The van der Waals surface area contributed by atoms with Crippen molar-refractivity contribution in [3.63, 3.8) is 0 Å². The maximum Gasteiger partial charge on any atom is 0.169 e. The van der Waals surface area contributed by atoms with Gasteiger partial charge in [0.25, 0.3) is 0 Å². The molecule has 0 aromatic carbocycles. The van der Waals surface area contributed by atoms with Gasteiger partial charge in [-0.15, -0.1) is 0 Å². The van der Waals surface area contributed by atoms with Crippen molar-refractivity contribution >= 4 is 15.9 Å². The third-order valence-electron chi connectivity index (χ3n) is 2.56. The lowest BCUT2D eigenvalue weighted by molar-refractivity contribution is 0.123. The number of rotatable bonds is 8. The molecule has 1 atom stereocenters. The number of ether oxygens (including phenoxy) is 1. The second-order valence-electron chi connectivity index (χ2n) is 4.61. The van der Waals surface area contributed by atoms with E-state index in [0.29, 0.717) is 5.92 Å². The maximum absolute atomic E-state index is 5.53. The Labute approximate surface area is 112 Å². The van der Waals surface area contributed by atoms with Gasteiger partial charge in [-0.2, -0.15) is 0 Å². The molecule has 1 aromatic heterocycles. The lowest BCUT2D eigenvalue weighted by Crippen LogP contribution is -2.23. The Morgan fingerprint density at radius 1 is 1.29 bits per heavy atom. The van der Waals surface area contributed by atoms with Crippen LogP contribution in [0.15, 0.2) is 21.2 Å². The Hall–Kier alpha value is -0.320. The monoisotopic (exact) mass is 303 g/mol. The van der Waals surface area contributed by atoms with E-state index in [0.717, 1.165) is 36.6 Å². The lowest BCUT2D eigenvalue weighted by atomic mass is 10.1. The van der Waals surface area contributed by atoms with Crippen LogP contribution in [0.4, 0.5) is 0 Å². The van der Waals surface area contributed by atoms with Crippen LogP contribution in [0.2, 0.25) is 0 Å². The largest absolute Gasteiger partial charge is 0.453 e. The normalized spacial score (nSPS) is 13.2. The van der Waals surface area contributed by atoms with Crippen LogP contribution in [0.3, 0.4) is 0 Å². The van der Waals surface area contributed by atoms with E-state index in [1.165, 1.54) is 0 Å². The van der Waals surface area contributed by atoms with Crippen molar-refractivity contribution in [1.82, 2.24) is 5.32 Å². The quantitative estimate of drug-likeness (QED) is 0.743. The van der Waals surface area contributed by atoms with Gasteiger partial charge in [0.05, 0.1) is 12.6 Å². The molecule has 1 N–H and O–H groups in total. The van der Waals surface area contributed by atoms with Gasteiger partial charge in [0.1, 0.15) is 5.76 Å². The van der Waals surface area contributed by atoms with E-state index < -0.39 is 0 Å². The van der Waals surface area contributed by atoms with Gasteiger partial charge in [0.15, 0.2) is 4.67 Å². The number of halogens is 1. The third-order valence-corrected chi connectivity index (χ3v) is 2.98. The van der Waals surface area contributed by atoms with Crippen LogP contribution in [-0.4, -0.2) is 19.8 Å². The maximum atomic E-state index is 5.53. The second-order valence-corrected chi connectivity index (χ2v) is 5.39. The van der Waals surface area contributed by atoms with Gasteiger partial charge in [-0.1, -0.05) is 13.8 Å². The van der Waals surface area contributed by atoms with Crippen molar-refractivity contribution in [2.75, 3.05) is 19.8 Å². The summed E-state index contributed by atoms with van der Waals surface area (Å²) in [5.41, 5.74) is 0. The van der Waals surface area contributed by atoms with Gasteiger partial charge >= 0.3 is 0 Å². The lowest BCUT2D eigenvalue weighted by Gasteiger charge is -2.11. The van der Waals surface area contributed by atoms with Gasteiger partial charge in [0.2, 0.25) is 0 Å². The summed E-state index contributed by atoms with van der Waals surface area (Å²) in [7, 11) is 0. The predicted molar refractivity (Wildman–Crippen MR) is 73.1 cm³/mol. The van der Waals surface area contributed by atoms with E-state index in [1.807, 2.05) is 12.1 Å². The van der Waals surface area contributed by atoms with E-state index in [9.17, 15) is 0 Å². The minimum Gasteiger partial charge on any atom is -0.453 e.